The molecule has 1 aromatic carbocycles. The van der Waals surface area contributed by atoms with Crippen LogP contribution in [0.15, 0.2) is 24.3 Å². The lowest BCUT2D eigenvalue weighted by Gasteiger charge is -2.23. The first-order valence-corrected chi connectivity index (χ1v) is 3.89. The van der Waals surface area contributed by atoms with Crippen LogP contribution in [0.5, 0.6) is 0 Å². The minimum atomic E-state index is 0. The molecule has 0 bridgehead atoms. The van der Waals surface area contributed by atoms with Gasteiger partial charge in [-0.15, -0.1) is 0 Å². The fourth-order valence-corrected chi connectivity index (χ4v) is 1.05. The van der Waals surface area contributed by atoms with Gasteiger partial charge >= 0.3 is 0 Å². The summed E-state index contributed by atoms with van der Waals surface area (Å²) < 4.78 is 0.891. The summed E-state index contributed by atoms with van der Waals surface area (Å²) in [6.45, 7) is 2.12. The lowest BCUT2D eigenvalue weighted by Crippen LogP contribution is -3.00. The van der Waals surface area contributed by atoms with Gasteiger partial charge in [0.05, 0.1) is 21.1 Å². The Morgan fingerprint density at radius 1 is 1.08 bits per heavy atom. The highest BCUT2D eigenvalue weighted by atomic mass is 127. The minimum Gasteiger partial charge on any atom is -1.00 e. The second-order valence-corrected chi connectivity index (χ2v) is 3.85. The van der Waals surface area contributed by atoms with E-state index in [1.165, 1.54) is 11.3 Å². The molecule has 1 nitrogen and oxygen atoms in total. The second kappa shape index (κ2) is 4.23. The topological polar surface area (TPSA) is 0 Å². The van der Waals surface area contributed by atoms with Gasteiger partial charge in [0, 0.05) is 6.07 Å². The molecule has 0 unspecified atom stereocenters. The lowest BCUT2D eigenvalue weighted by atomic mass is 10.2. The van der Waals surface area contributed by atoms with Crippen LogP contribution in [0.25, 0.3) is 0 Å². The number of halogens is 1. The molecule has 0 heterocycles. The summed E-state index contributed by atoms with van der Waals surface area (Å²) in [4.78, 5) is 0. The predicted octanol–water partition coefficient (Wildman–Crippen LogP) is -0.804. The van der Waals surface area contributed by atoms with Gasteiger partial charge < -0.3 is 24.0 Å². The van der Waals surface area contributed by atoms with Gasteiger partial charge in [-0.05, 0) is 18.6 Å². The van der Waals surface area contributed by atoms with Crippen LogP contribution >= 0.6 is 0 Å². The summed E-state index contributed by atoms with van der Waals surface area (Å²) in [7, 11) is 6.53. The Hall–Kier alpha value is -0.0900. The molecule has 0 saturated heterocycles. The van der Waals surface area contributed by atoms with Crippen molar-refractivity contribution in [1.29, 1.82) is 0 Å². The molecule has 0 amide bonds. The third-order valence-electron chi connectivity index (χ3n) is 1.78. The molecular weight excluding hydrogens is 261 g/mol. The van der Waals surface area contributed by atoms with Crippen molar-refractivity contribution in [3.8, 4) is 0 Å². The number of rotatable bonds is 1. The molecule has 0 saturated carbocycles. The molecule has 0 spiro atoms. The van der Waals surface area contributed by atoms with E-state index in [0.717, 1.165) is 4.48 Å². The number of aryl methyl sites for hydroxylation is 1. The van der Waals surface area contributed by atoms with Crippen molar-refractivity contribution in [2.45, 2.75) is 6.92 Å². The largest absolute Gasteiger partial charge is 1.00 e. The molecule has 0 atom stereocenters. The Bertz CT molecular complexity index is 250. The van der Waals surface area contributed by atoms with Crippen molar-refractivity contribution < 1.29 is 24.0 Å². The monoisotopic (exact) mass is 277 g/mol. The van der Waals surface area contributed by atoms with E-state index in [1.807, 2.05) is 0 Å². The Labute approximate surface area is 92.0 Å². The summed E-state index contributed by atoms with van der Waals surface area (Å²) in [5.41, 5.74) is 2.68. The molecule has 2 heteroatoms. The molecule has 0 aliphatic carbocycles. The first-order valence-electron chi connectivity index (χ1n) is 3.89. The van der Waals surface area contributed by atoms with E-state index < -0.39 is 0 Å². The van der Waals surface area contributed by atoms with Crippen molar-refractivity contribution in [2.24, 2.45) is 0 Å². The van der Waals surface area contributed by atoms with Crippen molar-refractivity contribution in [3.05, 3.63) is 29.8 Å². The van der Waals surface area contributed by atoms with Gasteiger partial charge in [-0.3, -0.25) is 4.48 Å². The van der Waals surface area contributed by atoms with Crippen molar-refractivity contribution >= 4 is 5.69 Å². The first kappa shape index (κ1) is 11.9. The summed E-state index contributed by atoms with van der Waals surface area (Å²) in [5, 5.41) is 0. The normalized spacial score (nSPS) is 10.7. The Balaban J connectivity index is 0.00000121. The zero-order chi connectivity index (χ0) is 8.48. The SMILES string of the molecule is Cc1cccc([N+](C)(C)C)c1.[I-]. The van der Waals surface area contributed by atoms with Gasteiger partial charge in [-0.2, -0.15) is 0 Å². The van der Waals surface area contributed by atoms with Crippen LogP contribution in [-0.2, 0) is 0 Å². The van der Waals surface area contributed by atoms with Gasteiger partial charge in [0.2, 0.25) is 0 Å². The van der Waals surface area contributed by atoms with Gasteiger partial charge in [0.15, 0.2) is 0 Å². The summed E-state index contributed by atoms with van der Waals surface area (Å²) in [6.07, 6.45) is 0. The zero-order valence-electron chi connectivity index (χ0n) is 8.13. The van der Waals surface area contributed by atoms with Crippen LogP contribution in [-0.4, -0.2) is 21.1 Å². The molecule has 0 fully saturated rings. The Morgan fingerprint density at radius 2 is 1.67 bits per heavy atom. The van der Waals surface area contributed by atoms with E-state index in [0.29, 0.717) is 0 Å². The number of nitrogens with zero attached hydrogens (tertiary/aromatic N) is 1. The van der Waals surface area contributed by atoms with Crippen LogP contribution in [0.1, 0.15) is 5.56 Å². The van der Waals surface area contributed by atoms with Gasteiger partial charge in [-0.1, -0.05) is 12.1 Å². The lowest BCUT2D eigenvalue weighted by molar-refractivity contribution is -0.00000264. The molecule has 0 aromatic heterocycles. The average Bonchev–Trinajstić information content (AvgIpc) is 1.86. The second-order valence-electron chi connectivity index (χ2n) is 3.85. The summed E-state index contributed by atoms with van der Waals surface area (Å²) >= 11 is 0. The quantitative estimate of drug-likeness (QED) is 0.465. The van der Waals surface area contributed by atoms with E-state index in [4.69, 9.17) is 0 Å². The fraction of sp³-hybridized carbons (Fsp3) is 0.400. The molecule has 0 radical (unpaired) electrons. The van der Waals surface area contributed by atoms with E-state index in [9.17, 15) is 0 Å². The van der Waals surface area contributed by atoms with Crippen LogP contribution in [0.4, 0.5) is 5.69 Å². The smallest absolute Gasteiger partial charge is 0.132 e. The van der Waals surface area contributed by atoms with Crippen LogP contribution in [0.3, 0.4) is 0 Å². The molecule has 0 aliphatic rings. The maximum atomic E-state index is 2.22. The van der Waals surface area contributed by atoms with E-state index in [2.05, 4.69) is 52.3 Å². The Morgan fingerprint density at radius 3 is 2.00 bits per heavy atom. The fourth-order valence-electron chi connectivity index (χ4n) is 1.05. The highest BCUT2D eigenvalue weighted by molar-refractivity contribution is 5.43. The molecule has 12 heavy (non-hydrogen) atoms. The third kappa shape index (κ3) is 3.11. The van der Waals surface area contributed by atoms with Gasteiger partial charge in [0.25, 0.3) is 0 Å². The number of quaternary nitrogens is 1. The molecule has 0 N–H and O–H groups in total. The Kier molecular flexibility index (Phi) is 4.20. The zero-order valence-corrected chi connectivity index (χ0v) is 10.3. The highest BCUT2D eigenvalue weighted by Crippen LogP contribution is 2.17. The van der Waals surface area contributed by atoms with Gasteiger partial charge in [0.1, 0.15) is 5.69 Å². The van der Waals surface area contributed by atoms with Crippen LogP contribution in [0.2, 0.25) is 0 Å². The summed E-state index contributed by atoms with van der Waals surface area (Å²) in [5.74, 6) is 0. The maximum Gasteiger partial charge on any atom is 0.132 e. The first-order chi connectivity index (χ1) is 5.00. The number of hydrogen-bond donors (Lipinski definition) is 0. The van der Waals surface area contributed by atoms with E-state index in [1.54, 1.807) is 0 Å². The van der Waals surface area contributed by atoms with Crippen molar-refractivity contribution in [2.75, 3.05) is 21.1 Å². The standard InChI is InChI=1S/C10H16N.HI/c1-9-6-5-7-10(8-9)11(2,3)4;/h5-8H,1-4H3;1H/q+1;/p-1. The number of benzene rings is 1. The molecular formula is C10H16IN. The highest BCUT2D eigenvalue weighted by Gasteiger charge is 2.10. The molecule has 0 aliphatic heterocycles. The summed E-state index contributed by atoms with van der Waals surface area (Å²) in [6, 6.07) is 8.61. The van der Waals surface area contributed by atoms with Crippen LogP contribution < -0.4 is 28.5 Å². The predicted molar refractivity (Wildman–Crippen MR) is 50.7 cm³/mol. The molecule has 1 aromatic rings. The van der Waals surface area contributed by atoms with Gasteiger partial charge in [-0.25, -0.2) is 0 Å². The van der Waals surface area contributed by atoms with Crippen LogP contribution in [0, 0.1) is 6.92 Å². The minimum absolute atomic E-state index is 0. The maximum absolute atomic E-state index is 2.22. The van der Waals surface area contributed by atoms with Crippen molar-refractivity contribution in [1.82, 2.24) is 4.48 Å². The average molecular weight is 277 g/mol. The molecule has 68 valence electrons. The van der Waals surface area contributed by atoms with E-state index in [-0.39, 0.29) is 24.0 Å². The number of hydrogen-bond acceptors (Lipinski definition) is 0. The molecule has 1 rings (SSSR count). The van der Waals surface area contributed by atoms with Crippen molar-refractivity contribution in [3.63, 3.8) is 0 Å². The van der Waals surface area contributed by atoms with E-state index >= 15 is 0 Å². The third-order valence-corrected chi connectivity index (χ3v) is 1.78.